The molecule has 0 atom stereocenters. The molecule has 0 amide bonds. The van der Waals surface area contributed by atoms with Crippen molar-refractivity contribution in [1.82, 2.24) is 0 Å². The molecular weight excluding hydrogens is 155 g/mol. The Bertz CT molecular complexity index is 286. The van der Waals surface area contributed by atoms with E-state index in [0.717, 1.165) is 0 Å². The molecule has 0 bridgehead atoms. The fraction of sp³-hybridized carbons (Fsp3) is 0.125. The van der Waals surface area contributed by atoms with Gasteiger partial charge in [-0.15, -0.1) is 0 Å². The molecule has 0 aromatic heterocycles. The number of carbonyl (C=O) groups is 1. The third-order valence-corrected chi connectivity index (χ3v) is 1.63. The minimum absolute atomic E-state index is 0.120. The van der Waals surface area contributed by atoms with Crippen molar-refractivity contribution in [3.63, 3.8) is 0 Å². The topological polar surface area (TPSA) is 46.5 Å². The highest BCUT2D eigenvalue weighted by atomic mass is 16.5. The molecular formula is C8H9BO3. The number of hydrogen-bond donors (Lipinski definition) is 1. The number of methoxy groups -OCH3 is 1. The minimum Gasteiger partial charge on any atom is -0.496 e. The number of carbonyl (C=O) groups excluding carboxylic acids is 1. The second-order valence-corrected chi connectivity index (χ2v) is 2.32. The van der Waals surface area contributed by atoms with Crippen LogP contribution in [-0.4, -0.2) is 25.9 Å². The van der Waals surface area contributed by atoms with Gasteiger partial charge in [0.25, 0.3) is 0 Å². The molecule has 12 heavy (non-hydrogen) atoms. The van der Waals surface area contributed by atoms with E-state index in [9.17, 15) is 4.79 Å². The largest absolute Gasteiger partial charge is 0.496 e. The van der Waals surface area contributed by atoms with Crippen LogP contribution in [0.1, 0.15) is 10.4 Å². The monoisotopic (exact) mass is 164 g/mol. The summed E-state index contributed by atoms with van der Waals surface area (Å²) >= 11 is 0. The van der Waals surface area contributed by atoms with Crippen molar-refractivity contribution in [1.29, 1.82) is 0 Å². The molecule has 3 nitrogen and oxygen atoms in total. The number of ether oxygens (including phenoxy) is 1. The highest BCUT2D eigenvalue weighted by molar-refractivity contribution is 6.47. The molecule has 0 saturated heterocycles. The first-order valence-corrected chi connectivity index (χ1v) is 3.55. The van der Waals surface area contributed by atoms with Gasteiger partial charge in [-0.05, 0) is 11.5 Å². The number of rotatable bonds is 3. The third kappa shape index (κ3) is 1.48. The van der Waals surface area contributed by atoms with Gasteiger partial charge in [0.1, 0.15) is 5.75 Å². The summed E-state index contributed by atoms with van der Waals surface area (Å²) in [7, 11) is 1.35. The standard InChI is InChI=1S/C8H9BO3/c1-12-8-6(5-10)3-2-4-7(8)9-11/h2-5,9,11H,1H3. The van der Waals surface area contributed by atoms with E-state index in [-0.39, 0.29) is 7.48 Å². The van der Waals surface area contributed by atoms with Crippen LogP contribution in [0.3, 0.4) is 0 Å². The summed E-state index contributed by atoms with van der Waals surface area (Å²) in [6.07, 6.45) is 0.706. The average molecular weight is 164 g/mol. The molecule has 62 valence electrons. The van der Waals surface area contributed by atoms with E-state index in [1.165, 1.54) is 7.11 Å². The number of hydrogen-bond acceptors (Lipinski definition) is 3. The van der Waals surface area contributed by atoms with Crippen molar-refractivity contribution in [2.75, 3.05) is 7.11 Å². The highest BCUT2D eigenvalue weighted by Crippen LogP contribution is 2.11. The number of benzene rings is 1. The zero-order valence-corrected chi connectivity index (χ0v) is 6.78. The van der Waals surface area contributed by atoms with Gasteiger partial charge in [-0.3, -0.25) is 4.79 Å². The maximum absolute atomic E-state index is 10.5. The van der Waals surface area contributed by atoms with Gasteiger partial charge in [0.05, 0.1) is 12.7 Å². The molecule has 0 fully saturated rings. The van der Waals surface area contributed by atoms with Crippen LogP contribution in [-0.2, 0) is 0 Å². The van der Waals surface area contributed by atoms with Crippen molar-refractivity contribution in [2.24, 2.45) is 0 Å². The highest BCUT2D eigenvalue weighted by Gasteiger charge is 2.07. The molecule has 1 aromatic rings. The van der Waals surface area contributed by atoms with E-state index in [2.05, 4.69) is 0 Å². The fourth-order valence-corrected chi connectivity index (χ4v) is 1.07. The first-order valence-electron chi connectivity index (χ1n) is 3.55. The van der Waals surface area contributed by atoms with Crippen LogP contribution in [0.4, 0.5) is 0 Å². The quantitative estimate of drug-likeness (QED) is 0.482. The molecule has 0 radical (unpaired) electrons. The Labute approximate surface area is 71.3 Å². The van der Waals surface area contributed by atoms with Crippen LogP contribution < -0.4 is 10.2 Å². The molecule has 0 aliphatic rings. The van der Waals surface area contributed by atoms with Gasteiger partial charge in [-0.1, -0.05) is 12.1 Å². The SMILES string of the molecule is COc1c(BO)cccc1C=O. The maximum Gasteiger partial charge on any atom is 0.308 e. The van der Waals surface area contributed by atoms with Crippen LogP contribution in [0, 0.1) is 0 Å². The smallest absolute Gasteiger partial charge is 0.308 e. The first kappa shape index (κ1) is 8.81. The van der Waals surface area contributed by atoms with E-state index >= 15 is 0 Å². The van der Waals surface area contributed by atoms with Crippen molar-refractivity contribution < 1.29 is 14.6 Å². The molecule has 0 unspecified atom stereocenters. The summed E-state index contributed by atoms with van der Waals surface area (Å²) in [5, 5.41) is 8.87. The van der Waals surface area contributed by atoms with E-state index < -0.39 is 0 Å². The van der Waals surface area contributed by atoms with Crippen molar-refractivity contribution in [3.8, 4) is 5.75 Å². The molecule has 1 aromatic carbocycles. The van der Waals surface area contributed by atoms with E-state index in [4.69, 9.17) is 9.76 Å². The summed E-state index contributed by atoms with van der Waals surface area (Å²) in [4.78, 5) is 10.5. The van der Waals surface area contributed by atoms with E-state index in [1.807, 2.05) is 0 Å². The lowest BCUT2D eigenvalue weighted by molar-refractivity contribution is 0.112. The number of aldehydes is 1. The van der Waals surface area contributed by atoms with Gasteiger partial charge in [-0.25, -0.2) is 0 Å². The van der Waals surface area contributed by atoms with Crippen molar-refractivity contribution >= 4 is 19.2 Å². The summed E-state index contributed by atoms with van der Waals surface area (Å²) in [5.41, 5.74) is 1.09. The zero-order chi connectivity index (χ0) is 8.97. The van der Waals surface area contributed by atoms with Gasteiger partial charge < -0.3 is 9.76 Å². The molecule has 0 aliphatic carbocycles. The Morgan fingerprint density at radius 2 is 2.33 bits per heavy atom. The van der Waals surface area contributed by atoms with Gasteiger partial charge in [0.2, 0.25) is 0 Å². The normalized spacial score (nSPS) is 9.17. The average Bonchev–Trinajstić information content (AvgIpc) is 2.16. The molecule has 0 aliphatic heterocycles. The predicted octanol–water partition coefficient (Wildman–Crippen LogP) is -0.523. The fourth-order valence-electron chi connectivity index (χ4n) is 1.07. The Hall–Kier alpha value is -1.29. The zero-order valence-electron chi connectivity index (χ0n) is 6.78. The second kappa shape index (κ2) is 3.92. The molecule has 1 rings (SSSR count). The van der Waals surface area contributed by atoms with Crippen LogP contribution >= 0.6 is 0 Å². The van der Waals surface area contributed by atoms with Crippen molar-refractivity contribution in [3.05, 3.63) is 23.8 Å². The number of para-hydroxylation sites is 1. The van der Waals surface area contributed by atoms with E-state index in [0.29, 0.717) is 23.1 Å². The first-order chi connectivity index (χ1) is 5.83. The van der Waals surface area contributed by atoms with Gasteiger partial charge >= 0.3 is 7.48 Å². The summed E-state index contributed by atoms with van der Waals surface area (Å²) in [5.74, 6) is 0.454. The second-order valence-electron chi connectivity index (χ2n) is 2.32. The van der Waals surface area contributed by atoms with Crippen LogP contribution in [0.5, 0.6) is 5.75 Å². The lowest BCUT2D eigenvalue weighted by Gasteiger charge is -2.06. The van der Waals surface area contributed by atoms with Gasteiger partial charge in [0, 0.05) is 0 Å². The van der Waals surface area contributed by atoms with Crippen LogP contribution in [0.15, 0.2) is 18.2 Å². The molecule has 4 heteroatoms. The van der Waals surface area contributed by atoms with Crippen LogP contribution in [0.25, 0.3) is 0 Å². The van der Waals surface area contributed by atoms with Crippen LogP contribution in [0.2, 0.25) is 0 Å². The Morgan fingerprint density at radius 1 is 1.58 bits per heavy atom. The van der Waals surface area contributed by atoms with E-state index in [1.54, 1.807) is 18.2 Å². The molecule has 0 spiro atoms. The summed E-state index contributed by atoms with van der Waals surface area (Å²) in [6, 6.07) is 5.06. The third-order valence-electron chi connectivity index (χ3n) is 1.63. The van der Waals surface area contributed by atoms with Gasteiger partial charge in [-0.2, -0.15) is 0 Å². The molecule has 1 N–H and O–H groups in total. The summed E-state index contributed by atoms with van der Waals surface area (Å²) < 4.78 is 4.97. The Kier molecular flexibility index (Phi) is 2.88. The van der Waals surface area contributed by atoms with Crippen molar-refractivity contribution in [2.45, 2.75) is 0 Å². The molecule has 0 saturated carbocycles. The minimum atomic E-state index is -0.120. The summed E-state index contributed by atoms with van der Waals surface area (Å²) in [6.45, 7) is 0. The maximum atomic E-state index is 10.5. The lowest BCUT2D eigenvalue weighted by Crippen LogP contribution is -2.17. The Balaban J connectivity index is 3.21. The molecule has 0 heterocycles. The van der Waals surface area contributed by atoms with Gasteiger partial charge in [0.15, 0.2) is 6.29 Å². The predicted molar refractivity (Wildman–Crippen MR) is 47.4 cm³/mol. The Morgan fingerprint density at radius 3 is 2.83 bits per heavy atom. The lowest BCUT2D eigenvalue weighted by atomic mass is 9.86.